The number of carbonyl (C=O) groups is 2. The normalized spacial score (nSPS) is 24.1. The molecule has 1 fully saturated rings. The number of nitrogens with two attached hydrogens (primary N) is 1. The minimum atomic E-state index is -0.479. The number of anilines is 1. The smallest absolute Gasteiger partial charge is 0.254 e. The van der Waals surface area contributed by atoms with Gasteiger partial charge in [0, 0.05) is 25.3 Å². The van der Waals surface area contributed by atoms with E-state index in [1.165, 1.54) is 4.90 Å². The SMILES string of the molecule is CN(C)C(=O)c1ccc(NC(=O)C2CCCCC2(C)N)cc1Cl. The maximum Gasteiger partial charge on any atom is 0.254 e. The van der Waals surface area contributed by atoms with Gasteiger partial charge in [0.15, 0.2) is 0 Å². The van der Waals surface area contributed by atoms with Crippen molar-refractivity contribution < 1.29 is 9.59 Å². The molecule has 0 saturated heterocycles. The van der Waals surface area contributed by atoms with Crippen LogP contribution in [0.5, 0.6) is 0 Å². The molecule has 1 aromatic carbocycles. The number of benzene rings is 1. The third kappa shape index (κ3) is 4.03. The van der Waals surface area contributed by atoms with E-state index in [-0.39, 0.29) is 17.7 Å². The second kappa shape index (κ2) is 6.89. The van der Waals surface area contributed by atoms with Crippen molar-refractivity contribution in [2.75, 3.05) is 19.4 Å². The zero-order chi connectivity index (χ0) is 17.2. The molecule has 0 aromatic heterocycles. The van der Waals surface area contributed by atoms with Crippen LogP contribution in [0.3, 0.4) is 0 Å². The van der Waals surface area contributed by atoms with E-state index in [1.54, 1.807) is 32.3 Å². The first-order chi connectivity index (χ1) is 10.7. The van der Waals surface area contributed by atoms with E-state index in [2.05, 4.69) is 5.32 Å². The molecule has 126 valence electrons. The maximum atomic E-state index is 12.5. The van der Waals surface area contributed by atoms with E-state index in [0.29, 0.717) is 16.3 Å². The van der Waals surface area contributed by atoms with Gasteiger partial charge in [-0.1, -0.05) is 24.4 Å². The van der Waals surface area contributed by atoms with E-state index in [9.17, 15) is 9.59 Å². The zero-order valence-corrected chi connectivity index (χ0v) is 14.6. The van der Waals surface area contributed by atoms with Crippen LogP contribution in [0.4, 0.5) is 5.69 Å². The van der Waals surface area contributed by atoms with Gasteiger partial charge in [0.25, 0.3) is 5.91 Å². The lowest BCUT2D eigenvalue weighted by Crippen LogP contribution is -2.51. The number of carbonyl (C=O) groups excluding carboxylic acids is 2. The summed E-state index contributed by atoms with van der Waals surface area (Å²) < 4.78 is 0. The predicted octanol–water partition coefficient (Wildman–Crippen LogP) is 2.89. The van der Waals surface area contributed by atoms with Crippen LogP contribution in [0.1, 0.15) is 43.0 Å². The van der Waals surface area contributed by atoms with Crippen LogP contribution < -0.4 is 11.1 Å². The lowest BCUT2D eigenvalue weighted by molar-refractivity contribution is -0.122. The third-order valence-electron chi connectivity index (χ3n) is 4.44. The summed E-state index contributed by atoms with van der Waals surface area (Å²) in [6.45, 7) is 1.93. The fraction of sp³-hybridized carbons (Fsp3) is 0.529. The first-order valence-corrected chi connectivity index (χ1v) is 8.21. The van der Waals surface area contributed by atoms with Gasteiger partial charge in [0.05, 0.1) is 16.5 Å². The lowest BCUT2D eigenvalue weighted by atomic mass is 9.74. The molecule has 0 spiro atoms. The van der Waals surface area contributed by atoms with Crippen molar-refractivity contribution >= 4 is 29.1 Å². The Balaban J connectivity index is 2.13. The molecule has 0 aliphatic heterocycles. The van der Waals surface area contributed by atoms with Crippen LogP contribution in [0, 0.1) is 5.92 Å². The number of hydrogen-bond donors (Lipinski definition) is 2. The Morgan fingerprint density at radius 3 is 2.61 bits per heavy atom. The minimum absolute atomic E-state index is 0.0857. The van der Waals surface area contributed by atoms with Gasteiger partial charge in [-0.2, -0.15) is 0 Å². The number of hydrogen-bond acceptors (Lipinski definition) is 3. The van der Waals surface area contributed by atoms with Gasteiger partial charge in [0.2, 0.25) is 5.91 Å². The Morgan fingerprint density at radius 2 is 2.04 bits per heavy atom. The summed E-state index contributed by atoms with van der Waals surface area (Å²) in [5, 5.41) is 3.20. The molecule has 1 saturated carbocycles. The summed E-state index contributed by atoms with van der Waals surface area (Å²) in [4.78, 5) is 25.9. The van der Waals surface area contributed by atoms with E-state index in [4.69, 9.17) is 17.3 Å². The molecule has 6 heteroatoms. The number of rotatable bonds is 3. The van der Waals surface area contributed by atoms with Crippen molar-refractivity contribution in [3.63, 3.8) is 0 Å². The summed E-state index contributed by atoms with van der Waals surface area (Å²) in [6, 6.07) is 4.92. The number of halogens is 1. The van der Waals surface area contributed by atoms with E-state index >= 15 is 0 Å². The molecular formula is C17H24ClN3O2. The first kappa shape index (κ1) is 17.8. The highest BCUT2D eigenvalue weighted by atomic mass is 35.5. The highest BCUT2D eigenvalue weighted by Gasteiger charge is 2.37. The standard InChI is InChI=1S/C17H24ClN3O2/c1-17(19)9-5-4-6-13(17)15(22)20-11-7-8-12(14(18)10-11)16(23)21(2)3/h7-8,10,13H,4-6,9,19H2,1-3H3,(H,20,22). The van der Waals surface area contributed by atoms with Gasteiger partial charge in [-0.3, -0.25) is 9.59 Å². The molecule has 1 aliphatic carbocycles. The van der Waals surface area contributed by atoms with Crippen molar-refractivity contribution in [1.29, 1.82) is 0 Å². The van der Waals surface area contributed by atoms with Crippen LogP contribution in [0.15, 0.2) is 18.2 Å². The number of nitrogens with zero attached hydrogens (tertiary/aromatic N) is 1. The van der Waals surface area contributed by atoms with Crippen molar-refractivity contribution in [2.45, 2.75) is 38.1 Å². The van der Waals surface area contributed by atoms with Crippen molar-refractivity contribution in [3.8, 4) is 0 Å². The van der Waals surface area contributed by atoms with Gasteiger partial charge in [-0.25, -0.2) is 0 Å². The highest BCUT2D eigenvalue weighted by molar-refractivity contribution is 6.34. The van der Waals surface area contributed by atoms with Crippen molar-refractivity contribution in [2.24, 2.45) is 11.7 Å². The van der Waals surface area contributed by atoms with Gasteiger partial charge >= 0.3 is 0 Å². The van der Waals surface area contributed by atoms with Gasteiger partial charge < -0.3 is 16.0 Å². The Hall–Kier alpha value is -1.59. The van der Waals surface area contributed by atoms with E-state index < -0.39 is 5.54 Å². The topological polar surface area (TPSA) is 75.4 Å². The molecule has 2 amide bonds. The summed E-state index contributed by atoms with van der Waals surface area (Å²) >= 11 is 6.17. The van der Waals surface area contributed by atoms with Gasteiger partial charge in [0.1, 0.15) is 0 Å². The van der Waals surface area contributed by atoms with E-state index in [0.717, 1.165) is 25.7 Å². The van der Waals surface area contributed by atoms with Crippen molar-refractivity contribution in [3.05, 3.63) is 28.8 Å². The average molecular weight is 338 g/mol. The Morgan fingerprint density at radius 1 is 1.35 bits per heavy atom. The maximum absolute atomic E-state index is 12.5. The molecule has 2 atom stereocenters. The largest absolute Gasteiger partial charge is 0.345 e. The summed E-state index contributed by atoms with van der Waals surface area (Å²) in [5.41, 5.74) is 6.78. The van der Waals surface area contributed by atoms with Crippen LogP contribution in [-0.2, 0) is 4.79 Å². The Bertz CT molecular complexity index is 614. The Kier molecular flexibility index (Phi) is 5.32. The van der Waals surface area contributed by atoms with Crippen LogP contribution in [0.2, 0.25) is 5.02 Å². The monoisotopic (exact) mass is 337 g/mol. The van der Waals surface area contributed by atoms with Crippen LogP contribution in [0.25, 0.3) is 0 Å². The molecule has 0 bridgehead atoms. The fourth-order valence-electron chi connectivity index (χ4n) is 3.03. The number of nitrogens with one attached hydrogen (secondary N) is 1. The second-order valence-electron chi connectivity index (χ2n) is 6.69. The van der Waals surface area contributed by atoms with Gasteiger partial charge in [-0.15, -0.1) is 0 Å². The molecule has 23 heavy (non-hydrogen) atoms. The van der Waals surface area contributed by atoms with Crippen molar-refractivity contribution in [1.82, 2.24) is 4.90 Å². The lowest BCUT2D eigenvalue weighted by Gasteiger charge is -2.37. The quantitative estimate of drug-likeness (QED) is 0.890. The molecule has 2 unspecified atom stereocenters. The molecule has 1 aliphatic rings. The summed E-state index contributed by atoms with van der Waals surface area (Å²) in [7, 11) is 3.33. The second-order valence-corrected chi connectivity index (χ2v) is 7.09. The molecule has 0 radical (unpaired) electrons. The molecule has 5 nitrogen and oxygen atoms in total. The Labute approximate surface area is 142 Å². The number of amides is 2. The minimum Gasteiger partial charge on any atom is -0.345 e. The van der Waals surface area contributed by atoms with Crippen LogP contribution in [-0.4, -0.2) is 36.3 Å². The average Bonchev–Trinajstić information content (AvgIpc) is 2.46. The van der Waals surface area contributed by atoms with Crippen LogP contribution >= 0.6 is 11.6 Å². The predicted molar refractivity (Wildman–Crippen MR) is 92.6 cm³/mol. The van der Waals surface area contributed by atoms with E-state index in [1.807, 2.05) is 6.92 Å². The zero-order valence-electron chi connectivity index (χ0n) is 13.9. The van der Waals surface area contributed by atoms with Gasteiger partial charge in [-0.05, 0) is 38.0 Å². The third-order valence-corrected chi connectivity index (χ3v) is 4.76. The molecule has 2 rings (SSSR count). The summed E-state index contributed by atoms with van der Waals surface area (Å²) in [5.74, 6) is -0.467. The molecular weight excluding hydrogens is 314 g/mol. The molecule has 3 N–H and O–H groups in total. The fourth-order valence-corrected chi connectivity index (χ4v) is 3.29. The summed E-state index contributed by atoms with van der Waals surface area (Å²) in [6.07, 6.45) is 3.72. The first-order valence-electron chi connectivity index (χ1n) is 7.83. The molecule has 1 aromatic rings. The highest BCUT2D eigenvalue weighted by Crippen LogP contribution is 2.32. The molecule has 0 heterocycles.